The summed E-state index contributed by atoms with van der Waals surface area (Å²) in [6.07, 6.45) is 1.84. The number of para-hydroxylation sites is 1. The zero-order valence-electron chi connectivity index (χ0n) is 34.6. The van der Waals surface area contributed by atoms with Crippen molar-refractivity contribution in [1.82, 2.24) is 24.9 Å². The molecular weight excluding hydrogens is 857 g/mol. The average Bonchev–Trinajstić information content (AvgIpc) is 4.18. The van der Waals surface area contributed by atoms with E-state index in [-0.39, 0.29) is 42.2 Å². The van der Waals surface area contributed by atoms with Crippen molar-refractivity contribution in [2.45, 2.75) is 92.9 Å². The number of furan rings is 1. The first-order valence-electron chi connectivity index (χ1n) is 21.1. The third kappa shape index (κ3) is 9.32. The number of ether oxygens (including phenoxy) is 1. The van der Waals surface area contributed by atoms with Crippen LogP contribution in [0.2, 0.25) is 0 Å². The fraction of sp³-hybridized carbons (Fsp3) is 0.370. The lowest BCUT2D eigenvalue weighted by Crippen LogP contribution is -2.57. The molecule has 8 rings (SSSR count). The minimum absolute atomic E-state index is 0.0290. The molecule has 5 atom stereocenters. The van der Waals surface area contributed by atoms with Crippen LogP contribution < -0.4 is 20.1 Å². The van der Waals surface area contributed by atoms with Gasteiger partial charge in [0.15, 0.2) is 5.82 Å². The van der Waals surface area contributed by atoms with E-state index in [4.69, 9.17) is 9.15 Å². The summed E-state index contributed by atoms with van der Waals surface area (Å²) in [5, 5.41) is 5.87. The Morgan fingerprint density at radius 1 is 0.984 bits per heavy atom. The number of nitrogens with zero attached hydrogens (tertiary/aromatic N) is 3. The molecule has 2 saturated carbocycles. The van der Waals surface area contributed by atoms with Crippen molar-refractivity contribution in [3.63, 3.8) is 0 Å². The molecule has 336 valence electrons. The highest BCUT2D eigenvalue weighted by Crippen LogP contribution is 2.46. The van der Waals surface area contributed by atoms with E-state index >= 15 is 0 Å². The van der Waals surface area contributed by atoms with Crippen LogP contribution >= 0.6 is 0 Å². The van der Waals surface area contributed by atoms with Gasteiger partial charge in [0.2, 0.25) is 27.4 Å². The number of fused-ring (bicyclic) bond motifs is 3. The van der Waals surface area contributed by atoms with Gasteiger partial charge in [-0.1, -0.05) is 49.3 Å². The topological polar surface area (TPSA) is 173 Å². The number of hydrogen-bond acceptors (Lipinski definition) is 10. The standard InChI is InChI=1S/C46H46F4N6O7S/c1-3-5-6-7-8-12-35(51-31-20-18-30(47)19-21-31)43(58)56-26-32(24-36(56)41(57)54-45(25-28(45)4-2)44(59)55-64(60,61)33-22-23-33)62-42-39-38(34-11-9-10-13-37(34)63-39)52-40(53-42)27-14-16-29(17-15-27)46(48,49)50/h3-4,9-11,13-21,28,32-33,35-36,51H,1-2,5-8,12,22-26H2,(H,54,57)(H,55,59)/t28-,32-,35+,36+,45-/m1/s1. The summed E-state index contributed by atoms with van der Waals surface area (Å²) in [5.74, 6) is -3.27. The van der Waals surface area contributed by atoms with Gasteiger partial charge < -0.3 is 24.7 Å². The Morgan fingerprint density at radius 3 is 2.39 bits per heavy atom. The summed E-state index contributed by atoms with van der Waals surface area (Å²) in [5.41, 5.74) is -0.927. The number of nitrogens with one attached hydrogen (secondary N) is 3. The zero-order valence-corrected chi connectivity index (χ0v) is 35.4. The third-order valence-corrected chi connectivity index (χ3v) is 13.7. The number of anilines is 1. The molecule has 2 aromatic heterocycles. The Kier molecular flexibility index (Phi) is 12.3. The highest BCUT2D eigenvalue weighted by molar-refractivity contribution is 7.91. The highest BCUT2D eigenvalue weighted by Gasteiger charge is 2.62. The predicted molar refractivity (Wildman–Crippen MR) is 231 cm³/mol. The number of amides is 3. The van der Waals surface area contributed by atoms with Crippen LogP contribution in [-0.4, -0.2) is 76.5 Å². The summed E-state index contributed by atoms with van der Waals surface area (Å²) in [6.45, 7) is 7.38. The largest absolute Gasteiger partial charge is 0.470 e. The van der Waals surface area contributed by atoms with Crippen LogP contribution in [0.15, 0.2) is 103 Å². The number of carbonyl (C=O) groups excluding carboxylic acids is 3. The molecule has 0 bridgehead atoms. The predicted octanol–water partition coefficient (Wildman–Crippen LogP) is 7.84. The quantitative estimate of drug-likeness (QED) is 0.0447. The van der Waals surface area contributed by atoms with Gasteiger partial charge in [-0.15, -0.1) is 13.2 Å². The number of allylic oxidation sites excluding steroid dienone is 1. The summed E-state index contributed by atoms with van der Waals surface area (Å²) >= 11 is 0. The maximum atomic E-state index is 14.9. The molecule has 3 heterocycles. The molecule has 1 saturated heterocycles. The Balaban J connectivity index is 1.14. The first-order chi connectivity index (χ1) is 30.6. The molecule has 1 aliphatic heterocycles. The maximum absolute atomic E-state index is 14.9. The second-order valence-electron chi connectivity index (χ2n) is 16.5. The van der Waals surface area contributed by atoms with Crippen molar-refractivity contribution < 1.29 is 49.5 Å². The van der Waals surface area contributed by atoms with Crippen molar-refractivity contribution >= 4 is 55.5 Å². The Bertz CT molecular complexity index is 2710. The molecule has 3 amide bonds. The van der Waals surface area contributed by atoms with Gasteiger partial charge in [-0.25, -0.2) is 17.8 Å². The molecule has 0 unspecified atom stereocenters. The van der Waals surface area contributed by atoms with Crippen LogP contribution in [0.3, 0.4) is 0 Å². The molecule has 2 aliphatic carbocycles. The van der Waals surface area contributed by atoms with Crippen LogP contribution in [0.4, 0.5) is 23.2 Å². The Hall–Kier alpha value is -6.30. The number of aromatic nitrogens is 2. The number of likely N-dealkylation sites (tertiary alicyclic amines) is 1. The van der Waals surface area contributed by atoms with E-state index < -0.39 is 80.2 Å². The summed E-state index contributed by atoms with van der Waals surface area (Å²) in [7, 11) is -3.98. The fourth-order valence-corrected chi connectivity index (χ4v) is 9.52. The SMILES string of the molecule is C=CCCCCC[C@H](Nc1ccc(F)cc1)C(=O)N1C[C@H](Oc2nc(-c3ccc(C(F)(F)F)cc3)nc3c2oc2ccccc23)C[C@H]1C(=O)N[C@]1(C(=O)NS(=O)(=O)C2CC2)C[C@H]1C=C. The maximum Gasteiger partial charge on any atom is 0.416 e. The van der Waals surface area contributed by atoms with Gasteiger partial charge in [-0.05, 0) is 87.1 Å². The van der Waals surface area contributed by atoms with E-state index in [9.17, 15) is 40.4 Å². The Labute approximate surface area is 366 Å². The van der Waals surface area contributed by atoms with Gasteiger partial charge in [0, 0.05) is 29.0 Å². The van der Waals surface area contributed by atoms with Crippen LogP contribution in [-0.2, 0) is 30.6 Å². The highest BCUT2D eigenvalue weighted by atomic mass is 32.2. The lowest BCUT2D eigenvalue weighted by molar-refractivity contribution is -0.140. The molecule has 3 fully saturated rings. The molecular formula is C46H46F4N6O7S. The number of hydrogen-bond donors (Lipinski definition) is 3. The number of halogens is 4. The van der Waals surface area contributed by atoms with E-state index in [0.717, 1.165) is 31.4 Å². The molecule has 5 aromatic rings. The lowest BCUT2D eigenvalue weighted by atomic mass is 10.0. The molecule has 64 heavy (non-hydrogen) atoms. The van der Waals surface area contributed by atoms with Gasteiger partial charge in [0.05, 0.1) is 17.4 Å². The van der Waals surface area contributed by atoms with Crippen molar-refractivity contribution in [2.75, 3.05) is 11.9 Å². The molecule has 3 N–H and O–H groups in total. The summed E-state index contributed by atoms with van der Waals surface area (Å²) < 4.78 is 94.9. The number of rotatable bonds is 18. The van der Waals surface area contributed by atoms with Gasteiger partial charge in [0.1, 0.15) is 40.6 Å². The molecule has 0 radical (unpaired) electrons. The van der Waals surface area contributed by atoms with Gasteiger partial charge in [0.25, 0.3) is 11.8 Å². The monoisotopic (exact) mass is 902 g/mol. The number of carbonyl (C=O) groups is 3. The van der Waals surface area contributed by atoms with E-state index in [1.54, 1.807) is 30.3 Å². The molecule has 18 heteroatoms. The minimum atomic E-state index is -4.57. The average molecular weight is 903 g/mol. The Morgan fingerprint density at radius 2 is 1.72 bits per heavy atom. The number of benzene rings is 3. The number of alkyl halides is 3. The molecule has 3 aliphatic rings. The van der Waals surface area contributed by atoms with Crippen molar-refractivity contribution in [1.29, 1.82) is 0 Å². The van der Waals surface area contributed by atoms with Crippen molar-refractivity contribution in [3.8, 4) is 17.3 Å². The third-order valence-electron chi connectivity index (χ3n) is 11.9. The second kappa shape index (κ2) is 17.7. The van der Waals surface area contributed by atoms with Crippen molar-refractivity contribution in [2.24, 2.45) is 5.92 Å². The second-order valence-corrected chi connectivity index (χ2v) is 18.5. The van der Waals surface area contributed by atoms with E-state index in [1.165, 1.54) is 47.4 Å². The van der Waals surface area contributed by atoms with E-state index in [2.05, 4.69) is 38.5 Å². The van der Waals surface area contributed by atoms with Crippen LogP contribution in [0.25, 0.3) is 33.5 Å². The smallest absolute Gasteiger partial charge is 0.416 e. The van der Waals surface area contributed by atoms with E-state index in [0.29, 0.717) is 47.9 Å². The first-order valence-corrected chi connectivity index (χ1v) is 22.6. The summed E-state index contributed by atoms with van der Waals surface area (Å²) in [6, 6.07) is 14.6. The first kappa shape index (κ1) is 44.3. The van der Waals surface area contributed by atoms with Crippen LogP contribution in [0.1, 0.15) is 63.4 Å². The fourth-order valence-electron chi connectivity index (χ4n) is 8.15. The minimum Gasteiger partial charge on any atom is -0.470 e. The van der Waals surface area contributed by atoms with Gasteiger partial charge in [-0.2, -0.15) is 18.2 Å². The van der Waals surface area contributed by atoms with Crippen LogP contribution in [0.5, 0.6) is 5.88 Å². The summed E-state index contributed by atoms with van der Waals surface area (Å²) in [4.78, 5) is 53.7. The zero-order chi connectivity index (χ0) is 45.4. The molecule has 13 nitrogen and oxygen atoms in total. The molecule has 3 aromatic carbocycles. The van der Waals surface area contributed by atoms with Gasteiger partial charge >= 0.3 is 6.18 Å². The normalized spacial score (nSPS) is 21.3. The van der Waals surface area contributed by atoms with Crippen LogP contribution in [0, 0.1) is 11.7 Å². The number of unbranched alkanes of at least 4 members (excludes halogenated alkanes) is 3. The van der Waals surface area contributed by atoms with Crippen molar-refractivity contribution in [3.05, 3.63) is 109 Å². The number of sulfonamides is 1. The lowest BCUT2D eigenvalue weighted by Gasteiger charge is -2.30. The van der Waals surface area contributed by atoms with E-state index in [1.807, 2.05) is 0 Å². The van der Waals surface area contributed by atoms with Gasteiger partial charge in [-0.3, -0.25) is 19.1 Å². The molecule has 0 spiro atoms.